The van der Waals surface area contributed by atoms with E-state index in [0.717, 1.165) is 17.1 Å². The third kappa shape index (κ3) is 2.94. The van der Waals surface area contributed by atoms with Crippen LogP contribution >= 0.6 is 0 Å². The van der Waals surface area contributed by atoms with Gasteiger partial charge in [0.1, 0.15) is 5.76 Å². The van der Waals surface area contributed by atoms with Crippen LogP contribution in [-0.4, -0.2) is 15.6 Å². The number of hydrogen-bond acceptors (Lipinski definition) is 3. The Balaban J connectivity index is 1.93. The largest absolute Gasteiger partial charge is 0.465 e. The lowest BCUT2D eigenvalue weighted by atomic mass is 10.3. The van der Waals surface area contributed by atoms with Crippen molar-refractivity contribution in [1.82, 2.24) is 9.36 Å². The second kappa shape index (κ2) is 6.36. The lowest BCUT2D eigenvalue weighted by Crippen LogP contribution is -2.19. The van der Waals surface area contributed by atoms with Crippen LogP contribution < -0.4 is 5.56 Å². The van der Waals surface area contributed by atoms with Gasteiger partial charge in [0.2, 0.25) is 0 Å². The number of para-hydroxylation sites is 1. The first kappa shape index (κ1) is 14.8. The van der Waals surface area contributed by atoms with E-state index in [0.29, 0.717) is 5.69 Å². The van der Waals surface area contributed by atoms with Gasteiger partial charge in [-0.3, -0.25) is 9.48 Å². The zero-order chi connectivity index (χ0) is 16.2. The molecule has 0 radical (unpaired) electrons. The van der Waals surface area contributed by atoms with Crippen LogP contribution in [0.25, 0.3) is 11.8 Å². The van der Waals surface area contributed by atoms with Crippen LogP contribution in [0.15, 0.2) is 69.0 Å². The number of rotatable bonds is 4. The van der Waals surface area contributed by atoms with E-state index in [4.69, 9.17) is 4.42 Å². The summed E-state index contributed by atoms with van der Waals surface area (Å²) in [6.07, 6.45) is 6.74. The molecule has 0 bridgehead atoms. The summed E-state index contributed by atoms with van der Waals surface area (Å²) in [4.78, 5) is 16.9. The number of hydrogen-bond donors (Lipinski definition) is 0. The van der Waals surface area contributed by atoms with Crippen LogP contribution in [0.3, 0.4) is 0 Å². The Bertz CT molecular complexity index is 898. The van der Waals surface area contributed by atoms with E-state index in [1.165, 1.54) is 0 Å². The summed E-state index contributed by atoms with van der Waals surface area (Å²) in [5.41, 5.74) is 1.91. The molecule has 1 aromatic carbocycles. The first-order valence-electron chi connectivity index (χ1n) is 7.27. The first-order valence-corrected chi connectivity index (χ1v) is 7.27. The Morgan fingerprint density at radius 1 is 1.13 bits per heavy atom. The van der Waals surface area contributed by atoms with Crippen LogP contribution in [0, 0.1) is 6.92 Å². The highest BCUT2D eigenvalue weighted by Crippen LogP contribution is 2.16. The van der Waals surface area contributed by atoms with E-state index < -0.39 is 0 Å². The Morgan fingerprint density at radius 2 is 1.91 bits per heavy atom. The zero-order valence-electron chi connectivity index (χ0n) is 13.0. The average Bonchev–Trinajstić information content (AvgIpc) is 3.15. The second-order valence-electron chi connectivity index (χ2n) is 5.06. The molecule has 0 saturated carbocycles. The highest BCUT2D eigenvalue weighted by Gasteiger charge is 2.14. The topological polar surface area (TPSA) is 52.4 Å². The minimum Gasteiger partial charge on any atom is -0.465 e. The predicted octanol–water partition coefficient (Wildman–Crippen LogP) is 3.49. The molecule has 0 aliphatic rings. The van der Waals surface area contributed by atoms with Gasteiger partial charge < -0.3 is 4.42 Å². The maximum Gasteiger partial charge on any atom is 0.297 e. The van der Waals surface area contributed by atoms with E-state index in [1.807, 2.05) is 56.4 Å². The Kier molecular flexibility index (Phi) is 4.10. The minimum absolute atomic E-state index is 0.140. The quantitative estimate of drug-likeness (QED) is 0.693. The molecule has 23 heavy (non-hydrogen) atoms. The van der Waals surface area contributed by atoms with Crippen molar-refractivity contribution >= 4 is 18.0 Å². The molecule has 0 N–H and O–H groups in total. The Labute approximate surface area is 133 Å². The van der Waals surface area contributed by atoms with Crippen molar-refractivity contribution in [3.8, 4) is 5.69 Å². The van der Waals surface area contributed by atoms with Crippen molar-refractivity contribution in [2.24, 2.45) is 12.0 Å². The van der Waals surface area contributed by atoms with Gasteiger partial charge in [0.25, 0.3) is 5.56 Å². The summed E-state index contributed by atoms with van der Waals surface area (Å²) in [7, 11) is 1.85. The lowest BCUT2D eigenvalue weighted by Gasteiger charge is -2.07. The number of benzene rings is 1. The average molecular weight is 307 g/mol. The van der Waals surface area contributed by atoms with Crippen molar-refractivity contribution in [2.75, 3.05) is 0 Å². The van der Waals surface area contributed by atoms with Gasteiger partial charge in [-0.15, -0.1) is 0 Å². The molecule has 0 amide bonds. The molecule has 0 fully saturated rings. The third-order valence-corrected chi connectivity index (χ3v) is 3.62. The smallest absolute Gasteiger partial charge is 0.297 e. The summed E-state index contributed by atoms with van der Waals surface area (Å²) in [6, 6.07) is 13.2. The molecule has 3 aromatic rings. The van der Waals surface area contributed by atoms with Crippen molar-refractivity contribution < 1.29 is 4.42 Å². The molecule has 5 nitrogen and oxygen atoms in total. The normalized spacial score (nSPS) is 11.7. The summed E-state index contributed by atoms with van der Waals surface area (Å²) in [5, 5.41) is 0. The third-order valence-electron chi connectivity index (χ3n) is 3.62. The molecule has 0 aliphatic heterocycles. The van der Waals surface area contributed by atoms with Gasteiger partial charge in [-0.2, -0.15) is 0 Å². The Hall–Kier alpha value is -3.08. The molecular formula is C18H17N3O2. The highest BCUT2D eigenvalue weighted by atomic mass is 16.3. The Morgan fingerprint density at radius 3 is 2.61 bits per heavy atom. The molecule has 0 atom stereocenters. The van der Waals surface area contributed by atoms with Gasteiger partial charge in [0, 0.05) is 13.3 Å². The van der Waals surface area contributed by atoms with E-state index >= 15 is 0 Å². The summed E-state index contributed by atoms with van der Waals surface area (Å²) >= 11 is 0. The maximum absolute atomic E-state index is 12.6. The van der Waals surface area contributed by atoms with Crippen molar-refractivity contribution in [2.45, 2.75) is 6.92 Å². The molecule has 5 heteroatoms. The molecule has 3 rings (SSSR count). The molecule has 116 valence electrons. The monoisotopic (exact) mass is 307 g/mol. The minimum atomic E-state index is -0.140. The summed E-state index contributed by atoms with van der Waals surface area (Å²) in [5.74, 6) is 0.739. The van der Waals surface area contributed by atoms with E-state index in [9.17, 15) is 4.79 Å². The van der Waals surface area contributed by atoms with Crippen LogP contribution in [-0.2, 0) is 7.05 Å². The fourth-order valence-electron chi connectivity index (χ4n) is 2.34. The SMILES string of the molecule is Cc1c(N=CC=Cc2ccco2)c(=O)n(-c2ccccc2)n1C. The van der Waals surface area contributed by atoms with Gasteiger partial charge in [0.15, 0.2) is 5.69 Å². The molecule has 2 heterocycles. The second-order valence-corrected chi connectivity index (χ2v) is 5.06. The molecule has 2 aromatic heterocycles. The van der Waals surface area contributed by atoms with Crippen LogP contribution in [0.5, 0.6) is 0 Å². The fourth-order valence-corrected chi connectivity index (χ4v) is 2.34. The van der Waals surface area contributed by atoms with Gasteiger partial charge >= 0.3 is 0 Å². The lowest BCUT2D eigenvalue weighted by molar-refractivity contribution is 0.557. The van der Waals surface area contributed by atoms with E-state index in [2.05, 4.69) is 4.99 Å². The highest BCUT2D eigenvalue weighted by molar-refractivity contribution is 5.80. The first-order chi connectivity index (χ1) is 11.2. The maximum atomic E-state index is 12.6. The summed E-state index contributed by atoms with van der Waals surface area (Å²) < 4.78 is 8.61. The van der Waals surface area contributed by atoms with Crippen LogP contribution in [0.4, 0.5) is 5.69 Å². The summed E-state index contributed by atoms with van der Waals surface area (Å²) in [6.45, 7) is 1.88. The molecule has 0 aliphatic carbocycles. The van der Waals surface area contributed by atoms with E-state index in [1.54, 1.807) is 34.0 Å². The molecule has 0 spiro atoms. The number of aromatic nitrogens is 2. The van der Waals surface area contributed by atoms with Gasteiger partial charge in [-0.25, -0.2) is 9.67 Å². The number of aliphatic imine (C=N–C) groups is 1. The van der Waals surface area contributed by atoms with Gasteiger partial charge in [-0.1, -0.05) is 18.2 Å². The molecule has 0 unspecified atom stereocenters. The molecular weight excluding hydrogens is 290 g/mol. The van der Waals surface area contributed by atoms with Crippen molar-refractivity contribution in [1.29, 1.82) is 0 Å². The standard InChI is InChI=1S/C18H17N3O2/c1-14-17(19-12-6-10-16-11-7-13-23-16)18(22)21(20(14)2)15-8-4-3-5-9-15/h3-13H,1-2H3. The van der Waals surface area contributed by atoms with Gasteiger partial charge in [-0.05, 0) is 43.3 Å². The van der Waals surface area contributed by atoms with Crippen molar-refractivity contribution in [3.63, 3.8) is 0 Å². The number of allylic oxidation sites excluding steroid dienone is 1. The number of nitrogens with zero attached hydrogens (tertiary/aromatic N) is 3. The zero-order valence-corrected chi connectivity index (χ0v) is 13.0. The molecule has 0 saturated heterocycles. The van der Waals surface area contributed by atoms with Gasteiger partial charge in [0.05, 0.1) is 17.6 Å². The fraction of sp³-hybridized carbons (Fsp3) is 0.111. The van der Waals surface area contributed by atoms with Crippen LogP contribution in [0.2, 0.25) is 0 Å². The van der Waals surface area contributed by atoms with E-state index in [-0.39, 0.29) is 5.56 Å². The van der Waals surface area contributed by atoms with Crippen molar-refractivity contribution in [3.05, 3.63) is 76.6 Å². The predicted molar refractivity (Wildman–Crippen MR) is 91.6 cm³/mol. The van der Waals surface area contributed by atoms with Crippen LogP contribution in [0.1, 0.15) is 11.5 Å². The number of furan rings is 1.